The Morgan fingerprint density at radius 2 is 1.12 bits per heavy atom. The molecule has 4 nitrogen and oxygen atoms in total. The Morgan fingerprint density at radius 3 is 1.66 bits per heavy atom. The summed E-state index contributed by atoms with van der Waals surface area (Å²) >= 11 is 0. The first-order valence-corrected chi connectivity index (χ1v) is 12.0. The molecule has 1 aliphatic rings. The van der Waals surface area contributed by atoms with E-state index in [1.165, 1.54) is 104 Å². The Morgan fingerprint density at radius 1 is 0.656 bits per heavy atom. The summed E-state index contributed by atoms with van der Waals surface area (Å²) in [5.74, 6) is 0.998. The minimum Gasteiger partial charge on any atom is -0.494 e. The van der Waals surface area contributed by atoms with Crippen molar-refractivity contribution in [2.45, 2.75) is 57.8 Å². The Hall–Kier alpha value is -0.230. The molecule has 0 radical (unpaired) electrons. The average Bonchev–Trinajstić information content (AvgIpc) is 2.74. The molecule has 0 saturated carbocycles. The van der Waals surface area contributed by atoms with E-state index >= 15 is 0 Å². The van der Waals surface area contributed by atoms with Gasteiger partial charge in [-0.1, -0.05) is 50.3 Å². The molecule has 2 rings (SSSR count). The Bertz CT molecular complexity index is 500. The van der Waals surface area contributed by atoms with Crippen molar-refractivity contribution in [3.8, 4) is 5.75 Å². The Kier molecular flexibility index (Phi) is 23.9. The van der Waals surface area contributed by atoms with Gasteiger partial charge in [0.05, 0.1) is 6.61 Å². The summed E-state index contributed by atoms with van der Waals surface area (Å²) < 4.78 is 5.75. The fourth-order valence-corrected chi connectivity index (χ4v) is 4.03. The van der Waals surface area contributed by atoms with Crippen molar-refractivity contribution >= 4 is 37.2 Å². The summed E-state index contributed by atoms with van der Waals surface area (Å²) in [6, 6.07) is 10.2. The first-order valence-electron chi connectivity index (χ1n) is 12.0. The second-order valence-electron chi connectivity index (χ2n) is 8.83. The predicted octanol–water partition coefficient (Wildman–Crippen LogP) is 6.02. The maximum absolute atomic E-state index is 5.75. The average molecular weight is 513 g/mol. The number of halogens is 3. The van der Waals surface area contributed by atoms with Crippen LogP contribution in [0.4, 0.5) is 0 Å². The minimum absolute atomic E-state index is 0. The lowest BCUT2D eigenvalue weighted by Crippen LogP contribution is -2.46. The molecule has 0 aromatic heterocycles. The molecule has 0 aliphatic carbocycles. The zero-order valence-corrected chi connectivity index (χ0v) is 22.8. The van der Waals surface area contributed by atoms with E-state index in [9.17, 15) is 0 Å². The molecule has 0 amide bonds. The lowest BCUT2D eigenvalue weighted by molar-refractivity contribution is 0.128. The zero-order chi connectivity index (χ0) is 20.6. The summed E-state index contributed by atoms with van der Waals surface area (Å²) in [4.78, 5) is 7.63. The van der Waals surface area contributed by atoms with Gasteiger partial charge in [-0.15, -0.1) is 37.2 Å². The Balaban J connectivity index is 0. The van der Waals surface area contributed by atoms with Gasteiger partial charge in [0.2, 0.25) is 0 Å². The number of para-hydroxylation sites is 1. The molecule has 1 aliphatic heterocycles. The van der Waals surface area contributed by atoms with Gasteiger partial charge in [-0.05, 0) is 71.5 Å². The third-order valence-corrected chi connectivity index (χ3v) is 5.93. The molecular formula is C25H48Cl3N3O. The summed E-state index contributed by atoms with van der Waals surface area (Å²) in [6.45, 7) is 9.76. The van der Waals surface area contributed by atoms with Crippen molar-refractivity contribution < 1.29 is 4.74 Å². The molecule has 190 valence electrons. The van der Waals surface area contributed by atoms with Crippen LogP contribution in [0, 0.1) is 0 Å². The van der Waals surface area contributed by atoms with Crippen molar-refractivity contribution in [1.82, 2.24) is 14.7 Å². The van der Waals surface area contributed by atoms with Gasteiger partial charge >= 0.3 is 0 Å². The van der Waals surface area contributed by atoms with Gasteiger partial charge < -0.3 is 19.4 Å². The fourth-order valence-electron chi connectivity index (χ4n) is 4.03. The second-order valence-corrected chi connectivity index (χ2v) is 8.83. The summed E-state index contributed by atoms with van der Waals surface area (Å²) in [5, 5.41) is 0. The molecule has 0 spiro atoms. The van der Waals surface area contributed by atoms with Crippen LogP contribution < -0.4 is 4.74 Å². The monoisotopic (exact) mass is 511 g/mol. The number of hydrogen-bond acceptors (Lipinski definition) is 4. The molecule has 0 unspecified atom stereocenters. The topological polar surface area (TPSA) is 19.0 Å². The van der Waals surface area contributed by atoms with Gasteiger partial charge in [-0.3, -0.25) is 0 Å². The highest BCUT2D eigenvalue weighted by atomic mass is 35.5. The summed E-state index contributed by atoms with van der Waals surface area (Å²) in [7, 11) is 4.34. The second kappa shape index (κ2) is 22.6. The lowest BCUT2D eigenvalue weighted by atomic mass is 10.1. The van der Waals surface area contributed by atoms with Crippen LogP contribution >= 0.6 is 37.2 Å². The van der Waals surface area contributed by atoms with Gasteiger partial charge in [-0.2, -0.15) is 0 Å². The van der Waals surface area contributed by atoms with Crippen LogP contribution in [-0.4, -0.2) is 81.2 Å². The van der Waals surface area contributed by atoms with Crippen LogP contribution in [-0.2, 0) is 0 Å². The first kappa shape index (κ1) is 33.9. The molecular weight excluding hydrogens is 465 g/mol. The largest absolute Gasteiger partial charge is 0.494 e. The van der Waals surface area contributed by atoms with Crippen LogP contribution in [0.25, 0.3) is 0 Å². The maximum Gasteiger partial charge on any atom is 0.119 e. The van der Waals surface area contributed by atoms with E-state index in [0.717, 1.165) is 12.4 Å². The number of nitrogens with zero attached hydrogens (tertiary/aromatic N) is 3. The fraction of sp³-hybridized carbons (Fsp3) is 0.760. The van der Waals surface area contributed by atoms with E-state index in [-0.39, 0.29) is 37.2 Å². The molecule has 0 bridgehead atoms. The van der Waals surface area contributed by atoms with Crippen molar-refractivity contribution in [3.63, 3.8) is 0 Å². The van der Waals surface area contributed by atoms with Gasteiger partial charge in [0, 0.05) is 26.2 Å². The summed E-state index contributed by atoms with van der Waals surface area (Å²) in [5.41, 5.74) is 0. The van der Waals surface area contributed by atoms with Crippen molar-refractivity contribution in [2.24, 2.45) is 0 Å². The van der Waals surface area contributed by atoms with Crippen LogP contribution in [0.1, 0.15) is 57.8 Å². The number of piperazine rings is 1. The third-order valence-electron chi connectivity index (χ3n) is 5.93. The van der Waals surface area contributed by atoms with Gasteiger partial charge in [0.1, 0.15) is 5.75 Å². The zero-order valence-electron chi connectivity index (χ0n) is 20.4. The highest BCUT2D eigenvalue weighted by Gasteiger charge is 2.15. The molecule has 1 saturated heterocycles. The standard InChI is InChI=1S/C25H45N3O.3ClH/c1-26(2)17-12-13-19-28-22-20-27(21-23-28)18-11-6-4-3-5-7-14-24-29-25-15-9-8-10-16-25;;;/h8-10,15-16H,3-7,11-14,17-24H2,1-2H3;3*1H. The van der Waals surface area contributed by atoms with E-state index in [2.05, 4.69) is 28.8 Å². The minimum atomic E-state index is 0. The van der Waals surface area contributed by atoms with Crippen LogP contribution in [0.3, 0.4) is 0 Å². The van der Waals surface area contributed by atoms with Crippen molar-refractivity contribution in [1.29, 1.82) is 0 Å². The lowest BCUT2D eigenvalue weighted by Gasteiger charge is -2.34. The SMILES string of the molecule is CN(C)CCCCN1CCN(CCCCCCCCCOc2ccccc2)CC1.Cl.Cl.Cl. The van der Waals surface area contributed by atoms with Crippen LogP contribution in [0.2, 0.25) is 0 Å². The van der Waals surface area contributed by atoms with E-state index in [1.807, 2.05) is 30.3 Å². The number of unbranched alkanes of at least 4 members (excludes halogenated alkanes) is 7. The first-order chi connectivity index (χ1) is 14.2. The molecule has 1 heterocycles. The predicted molar refractivity (Wildman–Crippen MR) is 147 cm³/mol. The summed E-state index contributed by atoms with van der Waals surface area (Å²) in [6.07, 6.45) is 12.0. The molecule has 7 heteroatoms. The molecule has 1 aromatic rings. The molecule has 0 atom stereocenters. The molecule has 32 heavy (non-hydrogen) atoms. The smallest absolute Gasteiger partial charge is 0.119 e. The molecule has 1 fully saturated rings. The van der Waals surface area contributed by atoms with E-state index < -0.39 is 0 Å². The van der Waals surface area contributed by atoms with E-state index in [4.69, 9.17) is 4.74 Å². The normalized spacial score (nSPS) is 14.3. The van der Waals surface area contributed by atoms with Gasteiger partial charge in [-0.25, -0.2) is 0 Å². The third kappa shape index (κ3) is 17.3. The van der Waals surface area contributed by atoms with Gasteiger partial charge in [0.15, 0.2) is 0 Å². The number of ether oxygens (including phenoxy) is 1. The van der Waals surface area contributed by atoms with Crippen molar-refractivity contribution in [2.75, 3.05) is 66.5 Å². The van der Waals surface area contributed by atoms with Gasteiger partial charge in [0.25, 0.3) is 0 Å². The molecule has 0 N–H and O–H groups in total. The van der Waals surface area contributed by atoms with E-state index in [1.54, 1.807) is 0 Å². The quantitative estimate of drug-likeness (QED) is 0.252. The molecule has 1 aromatic carbocycles. The maximum atomic E-state index is 5.75. The van der Waals surface area contributed by atoms with Crippen LogP contribution in [0.5, 0.6) is 5.75 Å². The van der Waals surface area contributed by atoms with Crippen molar-refractivity contribution in [3.05, 3.63) is 30.3 Å². The number of rotatable bonds is 16. The Labute approximate surface area is 216 Å². The number of benzene rings is 1. The number of hydrogen-bond donors (Lipinski definition) is 0. The van der Waals surface area contributed by atoms with Crippen LogP contribution in [0.15, 0.2) is 30.3 Å². The highest BCUT2D eigenvalue weighted by molar-refractivity contribution is 5.86. The van der Waals surface area contributed by atoms with E-state index in [0.29, 0.717) is 0 Å². The highest BCUT2D eigenvalue weighted by Crippen LogP contribution is 2.12.